The fourth-order valence-electron chi connectivity index (χ4n) is 3.03. The second-order valence-corrected chi connectivity index (χ2v) is 8.77. The van der Waals surface area contributed by atoms with Gasteiger partial charge >= 0.3 is 16.4 Å². The zero-order valence-electron chi connectivity index (χ0n) is 18.4. The molecule has 9 nitrogen and oxygen atoms in total. The highest BCUT2D eigenvalue weighted by atomic mass is 32.3. The van der Waals surface area contributed by atoms with E-state index in [4.69, 9.17) is 9.66 Å². The normalized spacial score (nSPS) is 13.6. The molecule has 0 heterocycles. The Balaban J connectivity index is 2.81. The van der Waals surface area contributed by atoms with Crippen LogP contribution in [0.3, 0.4) is 0 Å². The van der Waals surface area contributed by atoms with Gasteiger partial charge in [-0.1, -0.05) is 30.2 Å². The molecule has 1 aromatic rings. The second-order valence-electron chi connectivity index (χ2n) is 7.75. The van der Waals surface area contributed by atoms with Crippen molar-refractivity contribution in [1.29, 1.82) is 0 Å². The van der Waals surface area contributed by atoms with E-state index < -0.39 is 39.2 Å². The number of carbonyl (C=O) groups is 2. The predicted octanol–water partition coefficient (Wildman–Crippen LogP) is 4.20. The molecule has 178 valence electrons. The van der Waals surface area contributed by atoms with Crippen LogP contribution in [0, 0.1) is 5.92 Å². The summed E-state index contributed by atoms with van der Waals surface area (Å²) in [7, 11) is -4.95. The maximum absolute atomic E-state index is 11.2. The summed E-state index contributed by atoms with van der Waals surface area (Å²) in [5.41, 5.74) is 1.63. The summed E-state index contributed by atoms with van der Waals surface area (Å²) in [4.78, 5) is 22.1. The third-order valence-corrected chi connectivity index (χ3v) is 5.36. The average Bonchev–Trinajstić information content (AvgIpc) is 2.68. The second kappa shape index (κ2) is 12.3. The van der Waals surface area contributed by atoms with Crippen LogP contribution in [0.5, 0.6) is 17.2 Å². The molecule has 0 aliphatic heterocycles. The number of aldehydes is 1. The smallest absolute Gasteiger partial charge is 0.446 e. The van der Waals surface area contributed by atoms with Crippen LogP contribution in [-0.4, -0.2) is 40.5 Å². The number of phenols is 2. The fourth-order valence-corrected chi connectivity index (χ4v) is 3.43. The molecule has 0 fully saturated rings. The number of benzene rings is 1. The van der Waals surface area contributed by atoms with Crippen molar-refractivity contribution in [1.82, 2.24) is 0 Å². The molecule has 0 aromatic heterocycles. The van der Waals surface area contributed by atoms with Crippen molar-refractivity contribution in [2.45, 2.75) is 59.3 Å². The van der Waals surface area contributed by atoms with Crippen molar-refractivity contribution < 1.29 is 42.1 Å². The van der Waals surface area contributed by atoms with E-state index in [-0.39, 0.29) is 24.2 Å². The number of hydrogen-bond acceptors (Lipinski definition) is 7. The third kappa shape index (κ3) is 9.11. The first kappa shape index (κ1) is 27.2. The van der Waals surface area contributed by atoms with E-state index in [0.717, 1.165) is 30.9 Å². The molecule has 1 aromatic carbocycles. The molecule has 32 heavy (non-hydrogen) atoms. The van der Waals surface area contributed by atoms with Gasteiger partial charge in [0.1, 0.15) is 5.56 Å². The molecule has 1 unspecified atom stereocenters. The number of carbonyl (C=O) groups excluding carboxylic acids is 1. The zero-order valence-corrected chi connectivity index (χ0v) is 19.2. The van der Waals surface area contributed by atoms with Gasteiger partial charge in [-0.3, -0.25) is 14.1 Å². The SMILES string of the molecule is CC(=CCc1cc(O)c(O)c(C=O)c1OS(=O)(=O)O)CCC=C(C)CCCC(C)C(=O)O. The Labute approximate surface area is 188 Å². The third-order valence-electron chi connectivity index (χ3n) is 4.98. The lowest BCUT2D eigenvalue weighted by Gasteiger charge is -2.13. The summed E-state index contributed by atoms with van der Waals surface area (Å²) in [6.45, 7) is 5.54. The van der Waals surface area contributed by atoms with Gasteiger partial charge in [-0.05, 0) is 58.4 Å². The fraction of sp³-hybridized carbons (Fsp3) is 0.455. The lowest BCUT2D eigenvalue weighted by Crippen LogP contribution is -2.10. The molecule has 0 saturated carbocycles. The van der Waals surface area contributed by atoms with Gasteiger partial charge in [0.25, 0.3) is 0 Å². The Bertz CT molecular complexity index is 991. The number of aromatic hydroxyl groups is 2. The molecule has 0 aliphatic carbocycles. The van der Waals surface area contributed by atoms with Crippen molar-refractivity contribution >= 4 is 22.7 Å². The maximum Gasteiger partial charge on any atom is 0.446 e. The Morgan fingerprint density at radius 3 is 2.34 bits per heavy atom. The van der Waals surface area contributed by atoms with Crippen molar-refractivity contribution in [2.24, 2.45) is 5.92 Å². The van der Waals surface area contributed by atoms with E-state index in [2.05, 4.69) is 10.3 Å². The van der Waals surface area contributed by atoms with Crippen LogP contribution in [0.15, 0.2) is 29.4 Å². The molecule has 0 amide bonds. The number of allylic oxidation sites excluding steroid dienone is 4. The summed E-state index contributed by atoms with van der Waals surface area (Å²) < 4.78 is 35.7. The monoisotopic (exact) mass is 470 g/mol. The van der Waals surface area contributed by atoms with Gasteiger partial charge < -0.3 is 19.5 Å². The molecule has 0 radical (unpaired) electrons. The number of phenolic OH excluding ortho intramolecular Hbond substituents is 2. The Hall–Kier alpha value is -2.85. The van der Waals surface area contributed by atoms with Crippen LogP contribution < -0.4 is 4.18 Å². The van der Waals surface area contributed by atoms with E-state index in [1.165, 1.54) is 5.57 Å². The molecule has 0 saturated heterocycles. The van der Waals surface area contributed by atoms with Gasteiger partial charge in [0.15, 0.2) is 23.5 Å². The quantitative estimate of drug-likeness (QED) is 0.143. The van der Waals surface area contributed by atoms with E-state index in [0.29, 0.717) is 12.8 Å². The van der Waals surface area contributed by atoms with Crippen LogP contribution in [0.25, 0.3) is 0 Å². The summed E-state index contributed by atoms with van der Waals surface area (Å²) in [6, 6.07) is 1.06. The largest absolute Gasteiger partial charge is 0.504 e. The van der Waals surface area contributed by atoms with Crippen molar-refractivity contribution in [2.75, 3.05) is 0 Å². The van der Waals surface area contributed by atoms with Gasteiger partial charge in [-0.25, -0.2) is 0 Å². The molecule has 0 bridgehead atoms. The van der Waals surface area contributed by atoms with Gasteiger partial charge in [-0.15, -0.1) is 0 Å². The van der Waals surface area contributed by atoms with Crippen LogP contribution >= 0.6 is 0 Å². The zero-order chi connectivity index (χ0) is 24.5. The van der Waals surface area contributed by atoms with E-state index in [1.54, 1.807) is 13.0 Å². The first-order valence-corrected chi connectivity index (χ1v) is 11.5. The lowest BCUT2D eigenvalue weighted by molar-refractivity contribution is -0.141. The minimum absolute atomic E-state index is 0.0845. The van der Waals surface area contributed by atoms with Crippen LogP contribution in [0.2, 0.25) is 0 Å². The summed E-state index contributed by atoms with van der Waals surface area (Å²) >= 11 is 0. The minimum Gasteiger partial charge on any atom is -0.504 e. The Kier molecular flexibility index (Phi) is 10.4. The maximum atomic E-state index is 11.2. The summed E-state index contributed by atoms with van der Waals surface area (Å²) in [5.74, 6) is -3.16. The molecule has 1 rings (SSSR count). The first-order valence-electron chi connectivity index (χ1n) is 10.1. The van der Waals surface area contributed by atoms with Crippen LogP contribution in [-0.2, 0) is 21.6 Å². The van der Waals surface area contributed by atoms with Gasteiger partial charge in [0.05, 0.1) is 5.92 Å². The standard InChI is InChI=1S/C22H30O9S/c1-14(8-5-9-16(3)22(26)27)6-4-7-15(2)10-11-17-12-19(24)20(25)18(13-23)21(17)31-32(28,29)30/h6,10,12-13,16,24-25H,4-5,7-9,11H2,1-3H3,(H,26,27)(H,28,29,30). The van der Waals surface area contributed by atoms with Gasteiger partial charge in [0, 0.05) is 5.56 Å². The van der Waals surface area contributed by atoms with Crippen LogP contribution in [0.4, 0.5) is 0 Å². The van der Waals surface area contributed by atoms with E-state index in [9.17, 15) is 28.2 Å². The Morgan fingerprint density at radius 1 is 1.16 bits per heavy atom. The number of carboxylic acids is 1. The summed E-state index contributed by atoms with van der Waals surface area (Å²) in [5, 5.41) is 28.5. The number of carboxylic acid groups (broad SMARTS) is 1. The van der Waals surface area contributed by atoms with Crippen LogP contribution in [0.1, 0.15) is 68.8 Å². The highest BCUT2D eigenvalue weighted by molar-refractivity contribution is 7.81. The van der Waals surface area contributed by atoms with Crippen molar-refractivity contribution in [3.63, 3.8) is 0 Å². The van der Waals surface area contributed by atoms with Crippen molar-refractivity contribution in [3.05, 3.63) is 40.5 Å². The molecular weight excluding hydrogens is 440 g/mol. The van der Waals surface area contributed by atoms with Gasteiger partial charge in [0.2, 0.25) is 0 Å². The minimum atomic E-state index is -4.95. The average molecular weight is 471 g/mol. The highest BCUT2D eigenvalue weighted by Crippen LogP contribution is 2.39. The highest BCUT2D eigenvalue weighted by Gasteiger charge is 2.22. The lowest BCUT2D eigenvalue weighted by atomic mass is 10.00. The topological polar surface area (TPSA) is 158 Å². The van der Waals surface area contributed by atoms with Gasteiger partial charge in [-0.2, -0.15) is 8.42 Å². The molecular formula is C22H30O9S. The molecule has 4 N–H and O–H groups in total. The first-order chi connectivity index (χ1) is 14.9. The predicted molar refractivity (Wildman–Crippen MR) is 118 cm³/mol. The van der Waals surface area contributed by atoms with E-state index >= 15 is 0 Å². The number of aliphatic carboxylic acids is 1. The number of hydrogen-bond donors (Lipinski definition) is 4. The molecule has 1 atom stereocenters. The number of rotatable bonds is 13. The van der Waals surface area contributed by atoms with Crippen molar-refractivity contribution in [3.8, 4) is 17.2 Å². The Morgan fingerprint density at radius 2 is 1.78 bits per heavy atom. The summed E-state index contributed by atoms with van der Waals surface area (Å²) in [6.07, 6.45) is 7.72. The van der Waals surface area contributed by atoms with E-state index in [1.807, 2.05) is 13.8 Å². The molecule has 10 heteroatoms. The molecule has 0 spiro atoms. The molecule has 0 aliphatic rings.